The van der Waals surface area contributed by atoms with Crippen molar-refractivity contribution in [2.45, 2.75) is 187 Å². The largest absolute Gasteiger partial charge is 0.172 e. The predicted octanol–water partition coefficient (Wildman–Crippen LogP) is 18.6. The highest BCUT2D eigenvalue weighted by molar-refractivity contribution is 7.00. The van der Waals surface area contributed by atoms with Gasteiger partial charge in [-0.3, -0.25) is 0 Å². The van der Waals surface area contributed by atoms with Crippen molar-refractivity contribution in [2.24, 2.45) is 0 Å². The van der Waals surface area contributed by atoms with E-state index >= 15 is 0 Å². The Balaban J connectivity index is 1.23. The summed E-state index contributed by atoms with van der Waals surface area (Å²) in [6.45, 7) is 18.9. The van der Waals surface area contributed by atoms with Crippen molar-refractivity contribution in [1.29, 1.82) is 0 Å². The van der Waals surface area contributed by atoms with Gasteiger partial charge in [-0.15, -0.1) is 0 Å². The molecule has 1 aliphatic carbocycles. The third kappa shape index (κ3) is 9.27. The van der Waals surface area contributed by atoms with Crippen LogP contribution in [0.15, 0.2) is 97.1 Å². The van der Waals surface area contributed by atoms with Crippen LogP contribution in [0.4, 0.5) is 0 Å². The third-order valence-electron chi connectivity index (χ3n) is 15.9. The molecule has 3 heteroatoms. The Morgan fingerprint density at radius 3 is 1.31 bits per heavy atom. The van der Waals surface area contributed by atoms with E-state index in [1.54, 1.807) is 11.1 Å². The first-order valence-electron chi connectivity index (χ1n) is 25.0. The molecule has 1 aliphatic rings. The number of hydrogen-bond donors (Lipinski definition) is 0. The maximum absolute atomic E-state index is 4.87. The zero-order valence-electron chi connectivity index (χ0n) is 39.8. The van der Waals surface area contributed by atoms with E-state index in [1.165, 1.54) is 146 Å². The van der Waals surface area contributed by atoms with Gasteiger partial charge in [-0.25, -0.2) is 0 Å². The minimum absolute atomic E-state index is 0.0471. The van der Waals surface area contributed by atoms with Gasteiger partial charge >= 0.3 is 0 Å². The van der Waals surface area contributed by atoms with Gasteiger partial charge in [-0.05, 0) is 111 Å². The monoisotopic (exact) mass is 845 g/mol. The van der Waals surface area contributed by atoms with Gasteiger partial charge in [0.15, 0.2) is 0 Å². The standard InChI is InChI=1S/C59H76N2S/c1-9-15-17-19-21-23-39-59(40-24-22-20-18-16-10-2)53-41-46(31-35-51(53)52-36-34-48(42-54(52)59)58(8,13-5)14-6)43-25-27-44(28-26-43)49-37-38-50(56-55(49)60-62-61-56)45-29-32-47(33-30-45)57(7,11-3)12-4/h25-38,41-42H,9-24,39-40H2,1-8H3. The van der Waals surface area contributed by atoms with Crippen LogP contribution in [0.25, 0.3) is 55.5 Å². The van der Waals surface area contributed by atoms with E-state index in [0.717, 1.165) is 47.8 Å². The maximum atomic E-state index is 4.87. The quantitative estimate of drug-likeness (QED) is 0.0601. The van der Waals surface area contributed by atoms with Gasteiger partial charge in [0.1, 0.15) is 11.0 Å². The molecule has 0 fully saturated rings. The number of hydrogen-bond acceptors (Lipinski definition) is 3. The fourth-order valence-corrected chi connectivity index (χ4v) is 11.2. The molecule has 0 amide bonds. The van der Waals surface area contributed by atoms with Crippen LogP contribution in [0.3, 0.4) is 0 Å². The second kappa shape index (κ2) is 20.6. The average molecular weight is 845 g/mol. The van der Waals surface area contributed by atoms with Crippen molar-refractivity contribution >= 4 is 22.8 Å². The number of aromatic nitrogens is 2. The Kier molecular flexibility index (Phi) is 15.3. The van der Waals surface area contributed by atoms with Crippen molar-refractivity contribution in [2.75, 3.05) is 0 Å². The molecule has 6 aromatic rings. The highest BCUT2D eigenvalue weighted by Gasteiger charge is 2.43. The molecule has 7 rings (SSSR count). The molecule has 0 atom stereocenters. The van der Waals surface area contributed by atoms with E-state index in [4.69, 9.17) is 8.75 Å². The lowest BCUT2D eigenvalue weighted by Gasteiger charge is -2.35. The summed E-state index contributed by atoms with van der Waals surface area (Å²) in [6.07, 6.45) is 23.1. The summed E-state index contributed by atoms with van der Waals surface area (Å²) in [4.78, 5) is 0. The molecule has 0 spiro atoms. The van der Waals surface area contributed by atoms with E-state index < -0.39 is 0 Å². The fourth-order valence-electron chi connectivity index (χ4n) is 10.7. The van der Waals surface area contributed by atoms with Crippen molar-refractivity contribution < 1.29 is 0 Å². The molecule has 0 saturated heterocycles. The van der Waals surface area contributed by atoms with Crippen LogP contribution < -0.4 is 0 Å². The first-order chi connectivity index (χ1) is 30.2. The highest BCUT2D eigenvalue weighted by Crippen LogP contribution is 2.56. The number of fused-ring (bicyclic) bond motifs is 4. The lowest BCUT2D eigenvalue weighted by atomic mass is 9.68. The van der Waals surface area contributed by atoms with Crippen LogP contribution >= 0.6 is 11.7 Å². The molecule has 1 aromatic heterocycles. The summed E-state index contributed by atoms with van der Waals surface area (Å²) in [6, 6.07) is 38.1. The van der Waals surface area contributed by atoms with Crippen LogP contribution in [-0.4, -0.2) is 8.75 Å². The van der Waals surface area contributed by atoms with E-state index in [-0.39, 0.29) is 16.2 Å². The van der Waals surface area contributed by atoms with Gasteiger partial charge in [-0.1, -0.05) is 223 Å². The molecule has 328 valence electrons. The maximum Gasteiger partial charge on any atom is 0.113 e. The highest BCUT2D eigenvalue weighted by atomic mass is 32.1. The summed E-state index contributed by atoms with van der Waals surface area (Å²) < 4.78 is 9.72. The van der Waals surface area contributed by atoms with E-state index in [0.29, 0.717) is 0 Å². The van der Waals surface area contributed by atoms with Gasteiger partial charge in [0.05, 0.1) is 11.7 Å². The van der Waals surface area contributed by atoms with Gasteiger partial charge in [0.2, 0.25) is 0 Å². The van der Waals surface area contributed by atoms with Crippen molar-refractivity contribution in [1.82, 2.24) is 8.75 Å². The second-order valence-electron chi connectivity index (χ2n) is 19.5. The van der Waals surface area contributed by atoms with Crippen LogP contribution in [-0.2, 0) is 16.2 Å². The zero-order valence-corrected chi connectivity index (χ0v) is 40.6. The summed E-state index contributed by atoms with van der Waals surface area (Å²) in [5, 5.41) is 0. The average Bonchev–Trinajstić information content (AvgIpc) is 3.92. The number of rotatable bonds is 23. The summed E-state index contributed by atoms with van der Waals surface area (Å²) in [5.41, 5.74) is 18.8. The molecule has 0 saturated carbocycles. The zero-order chi connectivity index (χ0) is 43.7. The molecule has 2 nitrogen and oxygen atoms in total. The van der Waals surface area contributed by atoms with Crippen LogP contribution in [0.1, 0.15) is 193 Å². The summed E-state index contributed by atoms with van der Waals surface area (Å²) in [5.74, 6) is 0. The lowest BCUT2D eigenvalue weighted by Crippen LogP contribution is -2.27. The van der Waals surface area contributed by atoms with Crippen LogP contribution in [0.5, 0.6) is 0 Å². The van der Waals surface area contributed by atoms with E-state index in [9.17, 15) is 0 Å². The van der Waals surface area contributed by atoms with E-state index in [1.807, 2.05) is 0 Å². The molecular formula is C59H76N2S. The Labute approximate surface area is 380 Å². The molecule has 0 unspecified atom stereocenters. The Hall–Kier alpha value is -4.08. The Morgan fingerprint density at radius 2 is 0.790 bits per heavy atom. The molecule has 0 N–H and O–H groups in total. The first kappa shape index (κ1) is 45.9. The smallest absolute Gasteiger partial charge is 0.113 e. The summed E-state index contributed by atoms with van der Waals surface area (Å²) in [7, 11) is 0. The second-order valence-corrected chi connectivity index (χ2v) is 20.0. The van der Waals surface area contributed by atoms with E-state index in [2.05, 4.69) is 152 Å². The van der Waals surface area contributed by atoms with Gasteiger partial charge < -0.3 is 0 Å². The molecule has 0 aliphatic heterocycles. The minimum Gasteiger partial charge on any atom is -0.172 e. The van der Waals surface area contributed by atoms with Crippen LogP contribution in [0, 0.1) is 0 Å². The molecule has 5 aromatic carbocycles. The predicted molar refractivity (Wildman–Crippen MR) is 272 cm³/mol. The van der Waals surface area contributed by atoms with Crippen molar-refractivity contribution in [3.8, 4) is 44.5 Å². The minimum atomic E-state index is 0.0471. The van der Waals surface area contributed by atoms with Gasteiger partial charge in [0.25, 0.3) is 0 Å². The third-order valence-corrected chi connectivity index (χ3v) is 16.5. The first-order valence-corrected chi connectivity index (χ1v) is 25.7. The number of nitrogens with zero attached hydrogens (tertiary/aromatic N) is 2. The summed E-state index contributed by atoms with van der Waals surface area (Å²) >= 11 is 1.32. The molecule has 62 heavy (non-hydrogen) atoms. The topological polar surface area (TPSA) is 25.8 Å². The van der Waals surface area contributed by atoms with Gasteiger partial charge in [0, 0.05) is 16.5 Å². The Morgan fingerprint density at radius 1 is 0.403 bits per heavy atom. The van der Waals surface area contributed by atoms with Gasteiger partial charge in [-0.2, -0.15) is 8.75 Å². The molecule has 0 bridgehead atoms. The molecular weight excluding hydrogens is 769 g/mol. The normalized spacial score (nSPS) is 13.5. The van der Waals surface area contributed by atoms with Crippen LogP contribution in [0.2, 0.25) is 0 Å². The fraction of sp³-hybridized carbons (Fsp3) is 0.492. The Bertz CT molecular complexity index is 2340. The lowest BCUT2D eigenvalue weighted by molar-refractivity contribution is 0.395. The molecule has 1 heterocycles. The van der Waals surface area contributed by atoms with Crippen molar-refractivity contribution in [3.63, 3.8) is 0 Å². The number of unbranched alkanes of at least 4 members (excludes halogenated alkanes) is 10. The SMILES string of the molecule is CCCCCCCCC1(CCCCCCCC)c2cc(-c3ccc(-c4ccc(-c5ccc(C(C)(CC)CC)cc5)c5nsnc45)cc3)ccc2-c2ccc(C(C)(CC)CC)cc21. The number of benzene rings is 5. The molecule has 0 radical (unpaired) electrons. The van der Waals surface area contributed by atoms with Crippen molar-refractivity contribution in [3.05, 3.63) is 119 Å².